The second-order valence-corrected chi connectivity index (χ2v) is 8.24. The molecule has 3 aromatic rings. The van der Waals surface area contributed by atoms with Gasteiger partial charge < -0.3 is 9.30 Å². The molecule has 1 amide bonds. The van der Waals surface area contributed by atoms with Gasteiger partial charge in [-0.25, -0.2) is 0 Å². The zero-order valence-corrected chi connectivity index (χ0v) is 17.0. The molecule has 0 radical (unpaired) electrons. The number of rotatable bonds is 5. The Hall–Kier alpha value is -2.38. The number of carbonyl (C=O) groups is 2. The number of methoxy groups -OCH3 is 1. The van der Waals surface area contributed by atoms with Crippen LogP contribution >= 0.6 is 23.1 Å². The highest BCUT2D eigenvalue weighted by Gasteiger charge is 2.12. The van der Waals surface area contributed by atoms with Crippen molar-refractivity contribution in [2.45, 2.75) is 25.3 Å². The van der Waals surface area contributed by atoms with Gasteiger partial charge in [-0.3, -0.25) is 9.59 Å². The summed E-state index contributed by atoms with van der Waals surface area (Å²) in [5.74, 6) is 0.266. The van der Waals surface area contributed by atoms with Gasteiger partial charge in [0.1, 0.15) is 6.54 Å². The number of carbonyl (C=O) groups excluding carboxylic acids is 2. The van der Waals surface area contributed by atoms with Gasteiger partial charge in [0.05, 0.1) is 17.3 Å². The quantitative estimate of drug-likeness (QED) is 0.479. The highest BCUT2D eigenvalue weighted by atomic mass is 32.2. The largest absolute Gasteiger partial charge is 0.468 e. The number of hydrogen-bond acceptors (Lipinski definition) is 5. The van der Waals surface area contributed by atoms with Gasteiger partial charge >= 0.3 is 5.97 Å². The molecule has 0 fully saturated rings. The van der Waals surface area contributed by atoms with Crippen LogP contribution in [0.4, 0.5) is 0 Å². The van der Waals surface area contributed by atoms with Crippen LogP contribution in [0.5, 0.6) is 0 Å². The predicted octanol–water partition coefficient (Wildman–Crippen LogP) is 4.04. The highest BCUT2D eigenvalue weighted by Crippen LogP contribution is 2.20. The Morgan fingerprint density at radius 3 is 2.59 bits per heavy atom. The van der Waals surface area contributed by atoms with Gasteiger partial charge in [0.2, 0.25) is 0 Å². The van der Waals surface area contributed by atoms with Crippen LogP contribution in [-0.2, 0) is 16.1 Å². The molecule has 27 heavy (non-hydrogen) atoms. The third kappa shape index (κ3) is 4.48. The van der Waals surface area contributed by atoms with E-state index in [2.05, 4.69) is 11.9 Å². The summed E-state index contributed by atoms with van der Waals surface area (Å²) in [6, 6.07) is 13.3. The van der Waals surface area contributed by atoms with Crippen LogP contribution in [0.15, 0.2) is 52.4 Å². The molecule has 0 aliphatic rings. The fourth-order valence-electron chi connectivity index (χ4n) is 2.62. The Balaban J connectivity index is 2.04. The number of thiazole rings is 1. The number of ether oxygens (including phenoxy) is 1. The summed E-state index contributed by atoms with van der Waals surface area (Å²) in [4.78, 5) is 30.4. The average molecular weight is 401 g/mol. The third-order valence-electron chi connectivity index (χ3n) is 3.96. The molecular formula is C20H20N2O3S2. The average Bonchev–Trinajstić information content (AvgIpc) is 2.98. The number of esters is 1. The van der Waals surface area contributed by atoms with Crippen LogP contribution in [0.1, 0.15) is 22.8 Å². The number of aryl methyl sites for hydroxylation is 1. The van der Waals surface area contributed by atoms with Gasteiger partial charge in [-0.15, -0.1) is 11.8 Å². The van der Waals surface area contributed by atoms with E-state index in [4.69, 9.17) is 4.74 Å². The molecule has 2 aromatic carbocycles. The van der Waals surface area contributed by atoms with Gasteiger partial charge in [0.25, 0.3) is 5.91 Å². The molecule has 5 nitrogen and oxygen atoms in total. The molecule has 0 saturated heterocycles. The Morgan fingerprint density at radius 2 is 1.93 bits per heavy atom. The van der Waals surface area contributed by atoms with Crippen LogP contribution in [-0.4, -0.2) is 29.3 Å². The fourth-order valence-corrected chi connectivity index (χ4v) is 4.41. The molecule has 0 saturated carbocycles. The van der Waals surface area contributed by atoms with Crippen molar-refractivity contribution in [1.29, 1.82) is 0 Å². The minimum atomic E-state index is -0.384. The molecule has 0 bridgehead atoms. The number of hydrogen-bond donors (Lipinski definition) is 0. The lowest BCUT2D eigenvalue weighted by Gasteiger charge is -2.04. The minimum absolute atomic E-state index is 0.0117. The van der Waals surface area contributed by atoms with E-state index in [9.17, 15) is 9.59 Å². The van der Waals surface area contributed by atoms with Gasteiger partial charge in [0, 0.05) is 10.5 Å². The van der Waals surface area contributed by atoms with E-state index in [-0.39, 0.29) is 18.4 Å². The van der Waals surface area contributed by atoms with Crippen molar-refractivity contribution in [1.82, 2.24) is 4.57 Å². The summed E-state index contributed by atoms with van der Waals surface area (Å²) in [5, 5.41) is 0. The molecule has 140 valence electrons. The second-order valence-electron chi connectivity index (χ2n) is 5.89. The van der Waals surface area contributed by atoms with E-state index in [1.165, 1.54) is 18.4 Å². The Labute approximate surface area is 165 Å². The Bertz CT molecular complexity index is 1050. The van der Waals surface area contributed by atoms with Crippen LogP contribution in [0.2, 0.25) is 0 Å². The van der Waals surface area contributed by atoms with Crippen LogP contribution in [0.25, 0.3) is 10.2 Å². The first-order valence-corrected chi connectivity index (χ1v) is 10.3. The lowest BCUT2D eigenvalue weighted by Crippen LogP contribution is -2.22. The smallest absolute Gasteiger partial charge is 0.325 e. The van der Waals surface area contributed by atoms with Gasteiger partial charge in [0.15, 0.2) is 4.80 Å². The summed E-state index contributed by atoms with van der Waals surface area (Å²) in [7, 11) is 1.35. The van der Waals surface area contributed by atoms with E-state index in [0.29, 0.717) is 10.4 Å². The number of fused-ring (bicyclic) bond motifs is 1. The zero-order chi connectivity index (χ0) is 19.4. The van der Waals surface area contributed by atoms with E-state index in [1.807, 2.05) is 37.3 Å². The maximum Gasteiger partial charge on any atom is 0.325 e. The van der Waals surface area contributed by atoms with Gasteiger partial charge in [-0.05, 0) is 54.6 Å². The summed E-state index contributed by atoms with van der Waals surface area (Å²) in [6.07, 6.45) is 0. The van der Waals surface area contributed by atoms with Crippen molar-refractivity contribution in [3.63, 3.8) is 0 Å². The van der Waals surface area contributed by atoms with Crippen LogP contribution < -0.4 is 4.80 Å². The summed E-state index contributed by atoms with van der Waals surface area (Å²) in [6.45, 7) is 4.10. The van der Waals surface area contributed by atoms with E-state index in [1.54, 1.807) is 28.5 Å². The van der Waals surface area contributed by atoms with Gasteiger partial charge in [-0.2, -0.15) is 4.99 Å². The lowest BCUT2D eigenvalue weighted by molar-refractivity contribution is -0.141. The molecule has 0 aliphatic heterocycles. The molecule has 3 rings (SSSR count). The summed E-state index contributed by atoms with van der Waals surface area (Å²) >= 11 is 3.11. The van der Waals surface area contributed by atoms with Crippen LogP contribution in [0.3, 0.4) is 0 Å². The van der Waals surface area contributed by atoms with E-state index < -0.39 is 0 Å². The zero-order valence-electron chi connectivity index (χ0n) is 15.4. The fraction of sp³-hybridized carbons (Fsp3) is 0.250. The Kier molecular flexibility index (Phi) is 6.13. The van der Waals surface area contributed by atoms with Crippen molar-refractivity contribution in [3.05, 3.63) is 58.4 Å². The molecule has 1 heterocycles. The number of thioether (sulfide) groups is 1. The van der Waals surface area contributed by atoms with Crippen LogP contribution in [0, 0.1) is 6.92 Å². The molecule has 1 aromatic heterocycles. The molecule has 0 atom stereocenters. The maximum absolute atomic E-state index is 12.6. The lowest BCUT2D eigenvalue weighted by atomic mass is 10.2. The predicted molar refractivity (Wildman–Crippen MR) is 109 cm³/mol. The normalized spacial score (nSPS) is 11.7. The highest BCUT2D eigenvalue weighted by molar-refractivity contribution is 7.99. The van der Waals surface area contributed by atoms with E-state index in [0.717, 1.165) is 26.4 Å². The summed E-state index contributed by atoms with van der Waals surface area (Å²) < 4.78 is 7.49. The van der Waals surface area contributed by atoms with E-state index >= 15 is 0 Å². The number of amides is 1. The van der Waals surface area contributed by atoms with Crippen molar-refractivity contribution < 1.29 is 14.3 Å². The van der Waals surface area contributed by atoms with Crippen molar-refractivity contribution in [3.8, 4) is 0 Å². The first kappa shape index (κ1) is 19.4. The second kappa shape index (κ2) is 8.54. The minimum Gasteiger partial charge on any atom is -0.468 e. The number of benzene rings is 2. The molecular weight excluding hydrogens is 380 g/mol. The summed E-state index contributed by atoms with van der Waals surface area (Å²) in [5.41, 5.74) is 2.49. The molecule has 0 aliphatic carbocycles. The molecule has 0 unspecified atom stereocenters. The van der Waals surface area contributed by atoms with Crippen molar-refractivity contribution in [2.75, 3.05) is 12.9 Å². The number of nitrogens with zero attached hydrogens (tertiary/aromatic N) is 2. The monoisotopic (exact) mass is 400 g/mol. The SMILES string of the molecule is CCSc1ccc(C(=O)N=c2sc3cc(C)ccc3n2CC(=O)OC)cc1. The maximum atomic E-state index is 12.6. The molecule has 7 heteroatoms. The number of aromatic nitrogens is 1. The van der Waals surface area contributed by atoms with Crippen molar-refractivity contribution >= 4 is 45.2 Å². The van der Waals surface area contributed by atoms with Gasteiger partial charge in [-0.1, -0.05) is 24.3 Å². The first-order valence-electron chi connectivity index (χ1n) is 8.50. The standard InChI is InChI=1S/C20H20N2O3S2/c1-4-26-15-8-6-14(7-9-15)19(24)21-20-22(12-18(23)25-3)16-10-5-13(2)11-17(16)27-20/h5-11H,4,12H2,1-3H3. The van der Waals surface area contributed by atoms with Crippen molar-refractivity contribution in [2.24, 2.45) is 4.99 Å². The Morgan fingerprint density at radius 1 is 1.19 bits per heavy atom. The first-order chi connectivity index (χ1) is 13.0. The molecule has 0 N–H and O–H groups in total. The molecule has 0 spiro atoms. The third-order valence-corrected chi connectivity index (χ3v) is 5.90. The topological polar surface area (TPSA) is 60.7 Å².